The van der Waals surface area contributed by atoms with Crippen LogP contribution < -0.4 is 5.73 Å². The normalized spacial score (nSPS) is 10.4. The number of nitrogens with two attached hydrogens (primary N) is 1. The predicted molar refractivity (Wildman–Crippen MR) is 101 cm³/mol. The molecule has 0 saturated heterocycles. The summed E-state index contributed by atoms with van der Waals surface area (Å²) in [6.07, 6.45) is 22.4. The predicted octanol–water partition coefficient (Wildman–Crippen LogP) is 6.55. The van der Waals surface area contributed by atoms with Crippen LogP contribution in [0.4, 0.5) is 0 Å². The number of hydrogen-bond acceptors (Lipinski definition) is 1. The zero-order chi connectivity index (χ0) is 15.6. The van der Waals surface area contributed by atoms with Crippen molar-refractivity contribution in [1.29, 1.82) is 0 Å². The Bertz CT molecular complexity index is 221. The average Bonchev–Trinajstić information content (AvgIpc) is 2.46. The fraction of sp³-hybridized carbons (Fsp3) is 0.947. The third-order valence-electron chi connectivity index (χ3n) is 4.28. The van der Waals surface area contributed by atoms with Crippen LogP contribution in [-0.2, 0) is 4.79 Å². The molecule has 0 aromatic carbocycles. The van der Waals surface area contributed by atoms with Gasteiger partial charge in [-0.1, -0.05) is 103 Å². The van der Waals surface area contributed by atoms with Crippen molar-refractivity contribution >= 4 is 18.3 Å². The van der Waals surface area contributed by atoms with E-state index in [0.717, 1.165) is 6.42 Å². The summed E-state index contributed by atoms with van der Waals surface area (Å²) in [4.78, 5) is 10.6. The summed E-state index contributed by atoms with van der Waals surface area (Å²) in [6, 6.07) is 0. The van der Waals surface area contributed by atoms with E-state index in [1.165, 1.54) is 96.3 Å². The minimum atomic E-state index is -0.152. The van der Waals surface area contributed by atoms with Crippen LogP contribution in [0.25, 0.3) is 0 Å². The maximum Gasteiger partial charge on any atom is 0.217 e. The van der Waals surface area contributed by atoms with Gasteiger partial charge in [0.15, 0.2) is 0 Å². The summed E-state index contributed by atoms with van der Waals surface area (Å²) in [5.74, 6) is -0.152. The standard InChI is InChI=1S/C19H39NO.ClH/c1-2-3-4-5-6-7-8-9-10-11-12-13-14-15-16-17-18-19(20)21;/h2-18H2,1H3,(H2,20,21);1H. The second-order valence-corrected chi connectivity index (χ2v) is 6.52. The third kappa shape index (κ3) is 22.0. The smallest absolute Gasteiger partial charge is 0.217 e. The van der Waals surface area contributed by atoms with Gasteiger partial charge in [0, 0.05) is 6.42 Å². The number of amides is 1. The maximum absolute atomic E-state index is 10.6. The molecule has 0 unspecified atom stereocenters. The molecule has 0 bridgehead atoms. The Balaban J connectivity index is 0. The highest BCUT2D eigenvalue weighted by atomic mass is 35.5. The first-order chi connectivity index (χ1) is 10.3. The van der Waals surface area contributed by atoms with Crippen molar-refractivity contribution < 1.29 is 4.79 Å². The minimum absolute atomic E-state index is 0. The number of halogens is 1. The lowest BCUT2D eigenvalue weighted by molar-refractivity contribution is -0.118. The number of rotatable bonds is 17. The van der Waals surface area contributed by atoms with Gasteiger partial charge in [-0.3, -0.25) is 4.79 Å². The number of primary amides is 1. The molecule has 0 aromatic heterocycles. The first kappa shape index (κ1) is 24.0. The molecular formula is C19H40ClNO. The molecule has 0 atom stereocenters. The van der Waals surface area contributed by atoms with Crippen LogP contribution in [0, 0.1) is 0 Å². The minimum Gasteiger partial charge on any atom is -0.370 e. The molecule has 1 amide bonds. The molecule has 3 heteroatoms. The first-order valence-electron chi connectivity index (χ1n) is 9.55. The Morgan fingerprint density at radius 2 is 0.864 bits per heavy atom. The summed E-state index contributed by atoms with van der Waals surface area (Å²) < 4.78 is 0. The van der Waals surface area contributed by atoms with Gasteiger partial charge in [-0.2, -0.15) is 0 Å². The molecule has 0 radical (unpaired) electrons. The van der Waals surface area contributed by atoms with Gasteiger partial charge in [0.2, 0.25) is 5.91 Å². The van der Waals surface area contributed by atoms with E-state index in [1.807, 2.05) is 0 Å². The quantitative estimate of drug-likeness (QED) is 0.301. The third-order valence-corrected chi connectivity index (χ3v) is 4.28. The van der Waals surface area contributed by atoms with Gasteiger partial charge in [0.1, 0.15) is 0 Å². The van der Waals surface area contributed by atoms with Gasteiger partial charge in [-0.05, 0) is 6.42 Å². The molecule has 0 rings (SSSR count). The molecule has 0 aromatic rings. The number of carbonyl (C=O) groups is 1. The van der Waals surface area contributed by atoms with Gasteiger partial charge < -0.3 is 5.73 Å². The Kier molecular flexibility index (Phi) is 22.7. The fourth-order valence-corrected chi connectivity index (χ4v) is 2.85. The molecule has 134 valence electrons. The first-order valence-corrected chi connectivity index (χ1v) is 9.55. The molecule has 2 nitrogen and oxygen atoms in total. The van der Waals surface area contributed by atoms with Gasteiger partial charge in [0.25, 0.3) is 0 Å². The van der Waals surface area contributed by atoms with E-state index in [9.17, 15) is 4.79 Å². The molecule has 0 heterocycles. The zero-order valence-corrected chi connectivity index (χ0v) is 15.7. The van der Waals surface area contributed by atoms with Crippen LogP contribution in [0.2, 0.25) is 0 Å². The van der Waals surface area contributed by atoms with Crippen molar-refractivity contribution in [1.82, 2.24) is 0 Å². The molecule has 22 heavy (non-hydrogen) atoms. The number of unbranched alkanes of at least 4 members (excludes halogenated alkanes) is 15. The topological polar surface area (TPSA) is 43.1 Å². The van der Waals surface area contributed by atoms with Crippen molar-refractivity contribution in [2.75, 3.05) is 0 Å². The fourth-order valence-electron chi connectivity index (χ4n) is 2.85. The van der Waals surface area contributed by atoms with E-state index < -0.39 is 0 Å². The Labute approximate surface area is 145 Å². The molecule has 0 aliphatic heterocycles. The maximum atomic E-state index is 10.6. The van der Waals surface area contributed by atoms with Gasteiger partial charge in [-0.25, -0.2) is 0 Å². The molecule has 0 aliphatic carbocycles. The van der Waals surface area contributed by atoms with E-state index in [2.05, 4.69) is 6.92 Å². The summed E-state index contributed by atoms with van der Waals surface area (Å²) in [5.41, 5.74) is 5.11. The molecule has 0 saturated carbocycles. The molecule has 0 spiro atoms. The molecular weight excluding hydrogens is 294 g/mol. The van der Waals surface area contributed by atoms with Crippen molar-refractivity contribution in [2.45, 2.75) is 116 Å². The van der Waals surface area contributed by atoms with Gasteiger partial charge in [0.05, 0.1) is 0 Å². The summed E-state index contributed by atoms with van der Waals surface area (Å²) in [7, 11) is 0. The van der Waals surface area contributed by atoms with E-state index in [1.54, 1.807) is 0 Å². The van der Waals surface area contributed by atoms with Crippen molar-refractivity contribution in [2.24, 2.45) is 5.73 Å². The SMILES string of the molecule is CCCCCCCCCCCCCCCCCCC(N)=O.Cl. The van der Waals surface area contributed by atoms with Crippen molar-refractivity contribution in [3.05, 3.63) is 0 Å². The lowest BCUT2D eigenvalue weighted by atomic mass is 10.0. The Morgan fingerprint density at radius 1 is 0.591 bits per heavy atom. The molecule has 0 aliphatic rings. The highest BCUT2D eigenvalue weighted by molar-refractivity contribution is 5.85. The zero-order valence-electron chi connectivity index (χ0n) is 14.9. The lowest BCUT2D eigenvalue weighted by Crippen LogP contribution is -2.09. The van der Waals surface area contributed by atoms with Gasteiger partial charge >= 0.3 is 0 Å². The molecule has 0 fully saturated rings. The van der Waals surface area contributed by atoms with E-state index >= 15 is 0 Å². The summed E-state index contributed by atoms with van der Waals surface area (Å²) >= 11 is 0. The van der Waals surface area contributed by atoms with Crippen LogP contribution >= 0.6 is 12.4 Å². The van der Waals surface area contributed by atoms with Crippen LogP contribution in [0.15, 0.2) is 0 Å². The largest absolute Gasteiger partial charge is 0.370 e. The van der Waals surface area contributed by atoms with Crippen LogP contribution in [0.1, 0.15) is 116 Å². The summed E-state index contributed by atoms with van der Waals surface area (Å²) in [5, 5.41) is 0. The highest BCUT2D eigenvalue weighted by Crippen LogP contribution is 2.13. The van der Waals surface area contributed by atoms with Crippen molar-refractivity contribution in [3.63, 3.8) is 0 Å². The Morgan fingerprint density at radius 3 is 1.14 bits per heavy atom. The Hall–Kier alpha value is -0.240. The average molecular weight is 334 g/mol. The summed E-state index contributed by atoms with van der Waals surface area (Å²) in [6.45, 7) is 2.28. The lowest BCUT2D eigenvalue weighted by Gasteiger charge is -2.03. The van der Waals surface area contributed by atoms with Crippen LogP contribution in [0.5, 0.6) is 0 Å². The van der Waals surface area contributed by atoms with Crippen LogP contribution in [0.3, 0.4) is 0 Å². The monoisotopic (exact) mass is 333 g/mol. The van der Waals surface area contributed by atoms with E-state index in [4.69, 9.17) is 5.73 Å². The highest BCUT2D eigenvalue weighted by Gasteiger charge is 1.96. The number of hydrogen-bond donors (Lipinski definition) is 1. The second-order valence-electron chi connectivity index (χ2n) is 6.52. The van der Waals surface area contributed by atoms with E-state index in [0.29, 0.717) is 6.42 Å². The second kappa shape index (κ2) is 20.8. The van der Waals surface area contributed by atoms with Crippen molar-refractivity contribution in [3.8, 4) is 0 Å². The van der Waals surface area contributed by atoms with E-state index in [-0.39, 0.29) is 18.3 Å². The molecule has 2 N–H and O–H groups in total. The number of carbonyl (C=O) groups excluding carboxylic acids is 1. The van der Waals surface area contributed by atoms with Gasteiger partial charge in [-0.15, -0.1) is 12.4 Å². The van der Waals surface area contributed by atoms with Crippen LogP contribution in [-0.4, -0.2) is 5.91 Å².